The van der Waals surface area contributed by atoms with E-state index in [1.165, 1.54) is 5.56 Å². The number of aromatic nitrogens is 1. The van der Waals surface area contributed by atoms with Gasteiger partial charge in [-0.05, 0) is 23.8 Å². The molecule has 5 heteroatoms. The SMILES string of the molecule is O=C(O)CCc1csc(-c2ccc3c(c2)CCO3)n1. The molecule has 0 saturated carbocycles. The van der Waals surface area contributed by atoms with Gasteiger partial charge in [0.1, 0.15) is 10.8 Å². The zero-order valence-electron chi connectivity index (χ0n) is 10.3. The molecular weight excluding hydrogens is 262 g/mol. The second-order valence-electron chi connectivity index (χ2n) is 4.46. The number of nitrogens with zero attached hydrogens (tertiary/aromatic N) is 1. The van der Waals surface area contributed by atoms with Crippen molar-refractivity contribution in [1.82, 2.24) is 4.98 Å². The highest BCUT2D eigenvalue weighted by molar-refractivity contribution is 7.13. The summed E-state index contributed by atoms with van der Waals surface area (Å²) in [5.74, 6) is 0.177. The average Bonchev–Trinajstić information content (AvgIpc) is 3.04. The summed E-state index contributed by atoms with van der Waals surface area (Å²) in [6.07, 6.45) is 1.56. The number of aliphatic carboxylic acids is 1. The van der Waals surface area contributed by atoms with Gasteiger partial charge in [-0.15, -0.1) is 11.3 Å². The molecule has 1 aliphatic heterocycles. The fraction of sp³-hybridized carbons (Fsp3) is 0.286. The van der Waals surface area contributed by atoms with Crippen molar-refractivity contribution >= 4 is 17.3 Å². The molecule has 98 valence electrons. The van der Waals surface area contributed by atoms with Crippen LogP contribution in [0.25, 0.3) is 10.6 Å². The smallest absolute Gasteiger partial charge is 0.303 e. The molecule has 1 aromatic heterocycles. The van der Waals surface area contributed by atoms with E-state index < -0.39 is 5.97 Å². The number of hydrogen-bond donors (Lipinski definition) is 1. The summed E-state index contributed by atoms with van der Waals surface area (Å²) >= 11 is 1.55. The first-order valence-corrected chi connectivity index (χ1v) is 7.02. The van der Waals surface area contributed by atoms with E-state index in [-0.39, 0.29) is 6.42 Å². The number of rotatable bonds is 4. The molecule has 0 bridgehead atoms. The van der Waals surface area contributed by atoms with Crippen LogP contribution in [0.15, 0.2) is 23.6 Å². The lowest BCUT2D eigenvalue weighted by atomic mass is 10.1. The predicted octanol–water partition coefficient (Wildman–Crippen LogP) is 2.76. The van der Waals surface area contributed by atoms with Crippen molar-refractivity contribution in [2.24, 2.45) is 0 Å². The van der Waals surface area contributed by atoms with Crippen LogP contribution < -0.4 is 4.74 Å². The summed E-state index contributed by atoms with van der Waals surface area (Å²) in [6, 6.07) is 6.10. The Balaban J connectivity index is 1.80. The Hall–Kier alpha value is -1.88. The van der Waals surface area contributed by atoms with Crippen molar-refractivity contribution in [3.8, 4) is 16.3 Å². The Bertz CT molecular complexity index is 621. The van der Waals surface area contributed by atoms with E-state index in [0.29, 0.717) is 6.42 Å². The Kier molecular flexibility index (Phi) is 3.21. The second-order valence-corrected chi connectivity index (χ2v) is 5.32. The number of hydrogen-bond acceptors (Lipinski definition) is 4. The molecule has 2 heterocycles. The summed E-state index contributed by atoms with van der Waals surface area (Å²) in [5, 5.41) is 11.5. The molecule has 0 unspecified atom stereocenters. The lowest BCUT2D eigenvalue weighted by Gasteiger charge is -2.01. The standard InChI is InChI=1S/C14H13NO3S/c16-13(17)4-2-11-8-19-14(15-11)10-1-3-12-9(7-10)5-6-18-12/h1,3,7-8H,2,4-6H2,(H,16,17). The summed E-state index contributed by atoms with van der Waals surface area (Å²) in [6.45, 7) is 0.751. The van der Waals surface area contributed by atoms with Crippen molar-refractivity contribution in [2.75, 3.05) is 6.61 Å². The van der Waals surface area contributed by atoms with Crippen LogP contribution in [0.5, 0.6) is 5.75 Å². The highest BCUT2D eigenvalue weighted by Crippen LogP contribution is 2.31. The van der Waals surface area contributed by atoms with Gasteiger partial charge in [0, 0.05) is 23.8 Å². The Morgan fingerprint density at radius 2 is 2.37 bits per heavy atom. The third-order valence-corrected chi connectivity index (χ3v) is 4.02. The molecule has 2 aromatic rings. The van der Waals surface area contributed by atoms with Crippen LogP contribution in [0.2, 0.25) is 0 Å². The van der Waals surface area contributed by atoms with Gasteiger partial charge in [-0.25, -0.2) is 4.98 Å². The summed E-state index contributed by atoms with van der Waals surface area (Å²) in [4.78, 5) is 15.0. The predicted molar refractivity (Wildman–Crippen MR) is 72.7 cm³/mol. The molecule has 1 aliphatic rings. The largest absolute Gasteiger partial charge is 0.493 e. The topological polar surface area (TPSA) is 59.4 Å². The van der Waals surface area contributed by atoms with Gasteiger partial charge >= 0.3 is 5.97 Å². The quantitative estimate of drug-likeness (QED) is 0.932. The number of ether oxygens (including phenoxy) is 1. The number of carboxylic acid groups (broad SMARTS) is 1. The third-order valence-electron chi connectivity index (χ3n) is 3.08. The summed E-state index contributed by atoms with van der Waals surface area (Å²) in [5.41, 5.74) is 3.15. The van der Waals surface area contributed by atoms with Crippen molar-refractivity contribution < 1.29 is 14.6 Å². The molecule has 0 saturated heterocycles. The Labute approximate surface area is 114 Å². The highest BCUT2D eigenvalue weighted by atomic mass is 32.1. The lowest BCUT2D eigenvalue weighted by Crippen LogP contribution is -1.97. The van der Waals surface area contributed by atoms with Crippen LogP contribution in [-0.2, 0) is 17.6 Å². The lowest BCUT2D eigenvalue weighted by molar-refractivity contribution is -0.136. The maximum absolute atomic E-state index is 10.5. The maximum Gasteiger partial charge on any atom is 0.303 e. The third kappa shape index (κ3) is 2.61. The molecule has 0 amide bonds. The molecule has 19 heavy (non-hydrogen) atoms. The maximum atomic E-state index is 10.5. The molecule has 1 aromatic carbocycles. The molecular formula is C14H13NO3S. The van der Waals surface area contributed by atoms with Crippen LogP contribution in [0.4, 0.5) is 0 Å². The first-order valence-electron chi connectivity index (χ1n) is 6.14. The number of carbonyl (C=O) groups is 1. The molecule has 0 fully saturated rings. The molecule has 1 N–H and O–H groups in total. The Morgan fingerprint density at radius 3 is 3.21 bits per heavy atom. The average molecular weight is 275 g/mol. The van der Waals surface area contributed by atoms with Crippen molar-refractivity contribution in [2.45, 2.75) is 19.3 Å². The summed E-state index contributed by atoms with van der Waals surface area (Å²) in [7, 11) is 0. The van der Waals surface area contributed by atoms with E-state index in [0.717, 1.165) is 35.0 Å². The highest BCUT2D eigenvalue weighted by Gasteiger charge is 2.14. The van der Waals surface area contributed by atoms with Crippen LogP contribution >= 0.6 is 11.3 Å². The van der Waals surface area contributed by atoms with Gasteiger partial charge < -0.3 is 9.84 Å². The van der Waals surface area contributed by atoms with E-state index in [1.807, 2.05) is 17.5 Å². The second kappa shape index (κ2) is 5.01. The van der Waals surface area contributed by atoms with Gasteiger partial charge in [0.15, 0.2) is 0 Å². The number of aryl methyl sites for hydroxylation is 1. The first kappa shape index (κ1) is 12.2. The van der Waals surface area contributed by atoms with E-state index in [4.69, 9.17) is 9.84 Å². The monoisotopic (exact) mass is 275 g/mol. The van der Waals surface area contributed by atoms with Crippen LogP contribution in [-0.4, -0.2) is 22.7 Å². The molecule has 0 radical (unpaired) electrons. The van der Waals surface area contributed by atoms with Gasteiger partial charge in [-0.3, -0.25) is 4.79 Å². The number of benzene rings is 1. The summed E-state index contributed by atoms with van der Waals surface area (Å²) < 4.78 is 5.48. The van der Waals surface area contributed by atoms with Gasteiger partial charge in [0.25, 0.3) is 0 Å². The van der Waals surface area contributed by atoms with Gasteiger partial charge in [-0.1, -0.05) is 0 Å². The molecule has 0 aliphatic carbocycles. The minimum absolute atomic E-state index is 0.126. The van der Waals surface area contributed by atoms with Gasteiger partial charge in [-0.2, -0.15) is 0 Å². The fourth-order valence-electron chi connectivity index (χ4n) is 2.11. The van der Waals surface area contributed by atoms with Gasteiger partial charge in [0.2, 0.25) is 0 Å². The van der Waals surface area contributed by atoms with Crippen molar-refractivity contribution in [3.05, 3.63) is 34.8 Å². The molecule has 0 atom stereocenters. The van der Waals surface area contributed by atoms with E-state index in [9.17, 15) is 4.79 Å². The Morgan fingerprint density at radius 1 is 1.47 bits per heavy atom. The number of thiazole rings is 1. The first-order chi connectivity index (χ1) is 9.22. The van der Waals surface area contributed by atoms with Crippen molar-refractivity contribution in [3.63, 3.8) is 0 Å². The normalized spacial score (nSPS) is 13.1. The van der Waals surface area contributed by atoms with Crippen molar-refractivity contribution in [1.29, 1.82) is 0 Å². The number of carboxylic acids is 1. The van der Waals surface area contributed by atoms with E-state index in [2.05, 4.69) is 11.1 Å². The minimum Gasteiger partial charge on any atom is -0.493 e. The van der Waals surface area contributed by atoms with Crippen LogP contribution in [0, 0.1) is 0 Å². The van der Waals surface area contributed by atoms with E-state index in [1.54, 1.807) is 11.3 Å². The fourth-order valence-corrected chi connectivity index (χ4v) is 2.96. The van der Waals surface area contributed by atoms with Crippen LogP contribution in [0.1, 0.15) is 17.7 Å². The zero-order valence-corrected chi connectivity index (χ0v) is 11.1. The van der Waals surface area contributed by atoms with Gasteiger partial charge in [0.05, 0.1) is 18.7 Å². The molecule has 4 nitrogen and oxygen atoms in total. The molecule has 0 spiro atoms. The number of fused-ring (bicyclic) bond motifs is 1. The zero-order chi connectivity index (χ0) is 13.2. The molecule has 3 rings (SSSR count). The minimum atomic E-state index is -0.788. The van der Waals surface area contributed by atoms with Crippen LogP contribution in [0.3, 0.4) is 0 Å². The van der Waals surface area contributed by atoms with E-state index >= 15 is 0 Å².